The van der Waals surface area contributed by atoms with E-state index in [0.29, 0.717) is 0 Å². The van der Waals surface area contributed by atoms with Crippen LogP contribution in [0.5, 0.6) is 0 Å². The fraction of sp³-hybridized carbons (Fsp3) is 1.00. The molecule has 0 atom stereocenters. The van der Waals surface area contributed by atoms with E-state index in [0.717, 1.165) is 6.42 Å². The highest BCUT2D eigenvalue weighted by Gasteiger charge is 2.13. The quantitative estimate of drug-likeness (QED) is 0.750. The van der Waals surface area contributed by atoms with Gasteiger partial charge in [-0.15, -0.1) is 0 Å². The predicted octanol–water partition coefficient (Wildman–Crippen LogP) is 1.55. The van der Waals surface area contributed by atoms with Gasteiger partial charge in [0.25, 0.3) is 0 Å². The molecule has 2 N–H and O–H groups in total. The zero-order valence-corrected chi connectivity index (χ0v) is 9.70. The van der Waals surface area contributed by atoms with E-state index in [4.69, 9.17) is 5.73 Å². The third-order valence-electron chi connectivity index (χ3n) is 2.40. The van der Waals surface area contributed by atoms with Gasteiger partial charge in [0, 0.05) is 30.1 Å². The maximum Gasteiger partial charge on any atom is 0.00975 e. The van der Waals surface area contributed by atoms with Crippen molar-refractivity contribution >= 4 is 11.8 Å². The number of thioether (sulfide) groups is 1. The Balaban J connectivity index is 2.04. The Labute approximate surface area is 86.2 Å². The van der Waals surface area contributed by atoms with E-state index in [1.807, 2.05) is 0 Å². The average molecular weight is 202 g/mol. The lowest BCUT2D eigenvalue weighted by molar-refractivity contribution is 0.283. The first-order valence-corrected chi connectivity index (χ1v) is 6.32. The maximum absolute atomic E-state index is 5.93. The Morgan fingerprint density at radius 3 is 2.46 bits per heavy atom. The summed E-state index contributed by atoms with van der Waals surface area (Å²) in [5, 5.41) is 0. The van der Waals surface area contributed by atoms with Crippen LogP contribution in [0.25, 0.3) is 0 Å². The molecule has 3 heteroatoms. The van der Waals surface area contributed by atoms with Crippen molar-refractivity contribution in [3.63, 3.8) is 0 Å². The van der Waals surface area contributed by atoms with Gasteiger partial charge in [0.2, 0.25) is 0 Å². The van der Waals surface area contributed by atoms with Gasteiger partial charge < -0.3 is 10.6 Å². The average Bonchev–Trinajstić information content (AvgIpc) is 2.04. The van der Waals surface area contributed by atoms with Crippen LogP contribution in [-0.2, 0) is 0 Å². The monoisotopic (exact) mass is 202 g/mol. The molecular weight excluding hydrogens is 180 g/mol. The Hall–Kier alpha value is 0.270. The van der Waals surface area contributed by atoms with Crippen LogP contribution in [0.15, 0.2) is 0 Å². The summed E-state index contributed by atoms with van der Waals surface area (Å²) in [6.07, 6.45) is 2.38. The normalized spacial score (nSPS) is 20.5. The predicted molar refractivity (Wildman–Crippen MR) is 61.3 cm³/mol. The summed E-state index contributed by atoms with van der Waals surface area (Å²) in [7, 11) is 0. The molecule has 1 rings (SSSR count). The molecule has 1 saturated heterocycles. The van der Waals surface area contributed by atoms with Crippen molar-refractivity contribution < 1.29 is 0 Å². The lowest BCUT2D eigenvalue weighted by atomic mass is 10.00. The van der Waals surface area contributed by atoms with Crippen molar-refractivity contribution in [3.8, 4) is 0 Å². The lowest BCUT2D eigenvalue weighted by Gasteiger charge is -2.27. The molecule has 1 aliphatic rings. The standard InChI is InChI=1S/C10H22N2S/c1-10(2,11)4-3-5-12-6-8-13-9-7-12/h3-9,11H2,1-2H3. The fourth-order valence-electron chi connectivity index (χ4n) is 1.58. The molecule has 0 aromatic carbocycles. The van der Waals surface area contributed by atoms with Crippen LogP contribution in [0, 0.1) is 0 Å². The highest BCUT2D eigenvalue weighted by atomic mass is 32.2. The van der Waals surface area contributed by atoms with Gasteiger partial charge in [-0.2, -0.15) is 11.8 Å². The van der Waals surface area contributed by atoms with Gasteiger partial charge in [0.15, 0.2) is 0 Å². The molecule has 0 unspecified atom stereocenters. The second-order valence-corrected chi connectivity index (χ2v) is 5.77. The Kier molecular flexibility index (Phi) is 4.56. The van der Waals surface area contributed by atoms with Gasteiger partial charge in [-0.05, 0) is 33.2 Å². The van der Waals surface area contributed by atoms with Crippen molar-refractivity contribution in [2.75, 3.05) is 31.1 Å². The Morgan fingerprint density at radius 1 is 1.31 bits per heavy atom. The zero-order valence-electron chi connectivity index (χ0n) is 8.88. The van der Waals surface area contributed by atoms with E-state index in [-0.39, 0.29) is 5.54 Å². The van der Waals surface area contributed by atoms with Gasteiger partial charge in [-0.25, -0.2) is 0 Å². The third-order valence-corrected chi connectivity index (χ3v) is 3.34. The van der Waals surface area contributed by atoms with Crippen molar-refractivity contribution in [3.05, 3.63) is 0 Å². The number of rotatable bonds is 4. The fourth-order valence-corrected chi connectivity index (χ4v) is 2.56. The zero-order chi connectivity index (χ0) is 9.73. The van der Waals surface area contributed by atoms with E-state index >= 15 is 0 Å². The smallest absolute Gasteiger partial charge is 0.00975 e. The van der Waals surface area contributed by atoms with Gasteiger partial charge in [0.1, 0.15) is 0 Å². The van der Waals surface area contributed by atoms with E-state index < -0.39 is 0 Å². The van der Waals surface area contributed by atoms with Crippen LogP contribution >= 0.6 is 11.8 Å². The SMILES string of the molecule is CC(C)(N)CCCN1CCSCC1. The van der Waals surface area contributed by atoms with E-state index in [9.17, 15) is 0 Å². The molecule has 0 aromatic rings. The largest absolute Gasteiger partial charge is 0.326 e. The van der Waals surface area contributed by atoms with Crippen LogP contribution in [-0.4, -0.2) is 41.6 Å². The number of nitrogens with zero attached hydrogens (tertiary/aromatic N) is 1. The summed E-state index contributed by atoms with van der Waals surface area (Å²) in [6.45, 7) is 8.00. The van der Waals surface area contributed by atoms with Crippen LogP contribution in [0.3, 0.4) is 0 Å². The molecule has 1 aliphatic heterocycles. The van der Waals surface area contributed by atoms with Gasteiger partial charge in [-0.3, -0.25) is 0 Å². The van der Waals surface area contributed by atoms with Crippen molar-refractivity contribution in [2.45, 2.75) is 32.2 Å². The summed E-state index contributed by atoms with van der Waals surface area (Å²) in [6, 6.07) is 0. The molecule has 0 amide bonds. The van der Waals surface area contributed by atoms with Crippen molar-refractivity contribution in [2.24, 2.45) is 5.73 Å². The minimum Gasteiger partial charge on any atom is -0.326 e. The van der Waals surface area contributed by atoms with Gasteiger partial charge in [-0.1, -0.05) is 0 Å². The Morgan fingerprint density at radius 2 is 1.92 bits per heavy atom. The second kappa shape index (κ2) is 5.23. The molecule has 0 saturated carbocycles. The molecule has 1 heterocycles. The summed E-state index contributed by atoms with van der Waals surface area (Å²) < 4.78 is 0. The summed E-state index contributed by atoms with van der Waals surface area (Å²) in [4.78, 5) is 2.56. The lowest BCUT2D eigenvalue weighted by Crippen LogP contribution is -2.36. The van der Waals surface area contributed by atoms with Crippen LogP contribution in [0.4, 0.5) is 0 Å². The van der Waals surface area contributed by atoms with Crippen LogP contribution in [0.1, 0.15) is 26.7 Å². The van der Waals surface area contributed by atoms with Gasteiger partial charge in [0.05, 0.1) is 0 Å². The van der Waals surface area contributed by atoms with E-state index in [2.05, 4.69) is 30.5 Å². The molecule has 13 heavy (non-hydrogen) atoms. The van der Waals surface area contributed by atoms with Gasteiger partial charge >= 0.3 is 0 Å². The highest BCUT2D eigenvalue weighted by Crippen LogP contribution is 2.12. The van der Waals surface area contributed by atoms with E-state index in [1.54, 1.807) is 0 Å². The molecule has 0 aromatic heterocycles. The highest BCUT2D eigenvalue weighted by molar-refractivity contribution is 7.99. The molecular formula is C10H22N2S. The van der Waals surface area contributed by atoms with Crippen molar-refractivity contribution in [1.82, 2.24) is 4.90 Å². The van der Waals surface area contributed by atoms with Crippen molar-refractivity contribution in [1.29, 1.82) is 0 Å². The summed E-state index contributed by atoms with van der Waals surface area (Å²) in [5.41, 5.74) is 5.95. The first-order valence-electron chi connectivity index (χ1n) is 5.17. The minimum absolute atomic E-state index is 0.0184. The third kappa shape index (κ3) is 5.55. The number of nitrogens with two attached hydrogens (primary N) is 1. The minimum atomic E-state index is 0.0184. The molecule has 0 bridgehead atoms. The number of hydrogen-bond donors (Lipinski definition) is 1. The molecule has 1 fully saturated rings. The molecule has 78 valence electrons. The second-order valence-electron chi connectivity index (χ2n) is 4.55. The molecule has 0 radical (unpaired) electrons. The maximum atomic E-state index is 5.93. The molecule has 0 aliphatic carbocycles. The first kappa shape index (κ1) is 11.3. The summed E-state index contributed by atoms with van der Waals surface area (Å²) >= 11 is 2.07. The first-order chi connectivity index (χ1) is 6.08. The summed E-state index contributed by atoms with van der Waals surface area (Å²) in [5.74, 6) is 2.62. The number of hydrogen-bond acceptors (Lipinski definition) is 3. The topological polar surface area (TPSA) is 29.3 Å². The molecule has 2 nitrogen and oxygen atoms in total. The van der Waals surface area contributed by atoms with Crippen LogP contribution < -0.4 is 5.73 Å². The van der Waals surface area contributed by atoms with Crippen LogP contribution in [0.2, 0.25) is 0 Å². The van der Waals surface area contributed by atoms with E-state index in [1.165, 1.54) is 37.6 Å². The molecule has 0 spiro atoms. The Bertz CT molecular complexity index is 136.